The summed E-state index contributed by atoms with van der Waals surface area (Å²) < 4.78 is 10.2. The number of carbonyl (C=O) groups is 1. The van der Waals surface area contributed by atoms with Crippen molar-refractivity contribution in [2.24, 2.45) is 5.73 Å². The van der Waals surface area contributed by atoms with Crippen LogP contribution in [-0.4, -0.2) is 37.3 Å². The van der Waals surface area contributed by atoms with Crippen LogP contribution in [0.25, 0.3) is 0 Å². The van der Waals surface area contributed by atoms with Crippen LogP contribution in [-0.2, 0) is 0 Å². The van der Waals surface area contributed by atoms with Crippen molar-refractivity contribution >= 4 is 23.2 Å². The minimum absolute atomic E-state index is 0.0730. The van der Waals surface area contributed by atoms with Gasteiger partial charge in [-0.2, -0.15) is 0 Å². The largest absolute Gasteiger partial charge is 0.493 e. The number of benzene rings is 1. The highest BCUT2D eigenvalue weighted by Gasteiger charge is 2.12. The van der Waals surface area contributed by atoms with Crippen molar-refractivity contribution in [2.75, 3.05) is 21.3 Å². The first-order valence-electron chi connectivity index (χ1n) is 5.05. The van der Waals surface area contributed by atoms with Gasteiger partial charge < -0.3 is 15.2 Å². The number of carbonyl (C=O) groups excluding carboxylic acids is 1. The number of thiocarbonyl (C=S) groups is 1. The van der Waals surface area contributed by atoms with E-state index in [-0.39, 0.29) is 11.0 Å². The molecule has 0 bridgehead atoms. The quantitative estimate of drug-likeness (QED) is 0.615. The summed E-state index contributed by atoms with van der Waals surface area (Å²) in [4.78, 5) is 11.9. The Morgan fingerprint density at radius 1 is 1.33 bits per heavy atom. The van der Waals surface area contributed by atoms with E-state index < -0.39 is 0 Å². The summed E-state index contributed by atoms with van der Waals surface area (Å²) in [6.45, 7) is 0. The van der Waals surface area contributed by atoms with Gasteiger partial charge in [0, 0.05) is 12.6 Å². The van der Waals surface area contributed by atoms with Crippen LogP contribution in [0.15, 0.2) is 18.2 Å². The maximum absolute atomic E-state index is 11.9. The lowest BCUT2D eigenvalue weighted by Crippen LogP contribution is -2.45. The lowest BCUT2D eigenvalue weighted by atomic mass is 10.2. The molecule has 0 aliphatic heterocycles. The highest BCUT2D eigenvalue weighted by Crippen LogP contribution is 2.27. The Kier molecular flexibility index (Phi) is 4.73. The normalized spacial score (nSPS) is 9.50. The van der Waals surface area contributed by atoms with E-state index in [0.717, 1.165) is 0 Å². The van der Waals surface area contributed by atoms with Gasteiger partial charge in [-0.15, -0.1) is 0 Å². The average molecular weight is 269 g/mol. The number of hydrogen-bond acceptors (Lipinski definition) is 4. The zero-order valence-electron chi connectivity index (χ0n) is 10.4. The van der Waals surface area contributed by atoms with Crippen LogP contribution in [0.3, 0.4) is 0 Å². The van der Waals surface area contributed by atoms with Gasteiger partial charge in [0.2, 0.25) is 0 Å². The predicted octanol–water partition coefficient (Wildman–Crippen LogP) is 0.524. The van der Waals surface area contributed by atoms with Crippen molar-refractivity contribution in [1.82, 2.24) is 10.4 Å². The van der Waals surface area contributed by atoms with Gasteiger partial charge in [0.15, 0.2) is 16.6 Å². The number of rotatable bonds is 3. The number of nitrogens with one attached hydrogen (secondary N) is 1. The van der Waals surface area contributed by atoms with Gasteiger partial charge in [-0.05, 0) is 30.4 Å². The van der Waals surface area contributed by atoms with Crippen molar-refractivity contribution in [1.29, 1.82) is 0 Å². The first-order valence-corrected chi connectivity index (χ1v) is 5.46. The van der Waals surface area contributed by atoms with Crippen LogP contribution in [0, 0.1) is 0 Å². The first-order chi connectivity index (χ1) is 8.49. The molecule has 0 atom stereocenters. The maximum atomic E-state index is 11.9. The van der Waals surface area contributed by atoms with E-state index in [1.54, 1.807) is 25.2 Å². The molecule has 0 aliphatic carbocycles. The molecule has 18 heavy (non-hydrogen) atoms. The standard InChI is InChI=1S/C11H15N3O3S/c1-14(11(12)18)13-10(15)7-4-5-8(16-2)9(6-7)17-3/h4-6H,1-3H3,(H2,12,18)(H,13,15). The summed E-state index contributed by atoms with van der Waals surface area (Å²) in [5, 5.41) is 1.33. The molecule has 0 unspecified atom stereocenters. The Balaban J connectivity index is 2.90. The molecule has 0 heterocycles. The van der Waals surface area contributed by atoms with Crippen molar-refractivity contribution in [3.63, 3.8) is 0 Å². The second-order valence-electron chi connectivity index (χ2n) is 3.41. The van der Waals surface area contributed by atoms with Gasteiger partial charge in [-0.1, -0.05) is 0 Å². The molecule has 0 spiro atoms. The predicted molar refractivity (Wildman–Crippen MR) is 71.6 cm³/mol. The van der Waals surface area contributed by atoms with Crippen LogP contribution in [0.5, 0.6) is 11.5 Å². The fourth-order valence-corrected chi connectivity index (χ4v) is 1.30. The van der Waals surface area contributed by atoms with E-state index in [0.29, 0.717) is 17.1 Å². The van der Waals surface area contributed by atoms with Crippen LogP contribution < -0.4 is 20.6 Å². The molecule has 3 N–H and O–H groups in total. The highest BCUT2D eigenvalue weighted by molar-refractivity contribution is 7.80. The third kappa shape index (κ3) is 3.24. The summed E-state index contributed by atoms with van der Waals surface area (Å²) >= 11 is 4.72. The summed E-state index contributed by atoms with van der Waals surface area (Å²) in [5.74, 6) is 0.686. The zero-order valence-corrected chi connectivity index (χ0v) is 11.2. The Hall–Kier alpha value is -2.02. The molecule has 7 heteroatoms. The molecular weight excluding hydrogens is 254 g/mol. The number of hydrazine groups is 1. The Morgan fingerprint density at radius 2 is 1.94 bits per heavy atom. The Morgan fingerprint density at radius 3 is 2.44 bits per heavy atom. The molecule has 1 aromatic carbocycles. The molecule has 6 nitrogen and oxygen atoms in total. The molecule has 0 radical (unpaired) electrons. The molecule has 0 saturated heterocycles. The SMILES string of the molecule is COc1ccc(C(=O)NN(C)C(N)=S)cc1OC. The average Bonchev–Trinajstić information content (AvgIpc) is 2.37. The van der Waals surface area contributed by atoms with E-state index in [4.69, 9.17) is 27.4 Å². The van der Waals surface area contributed by atoms with Crippen LogP contribution in [0.2, 0.25) is 0 Å². The van der Waals surface area contributed by atoms with Gasteiger partial charge in [0.1, 0.15) is 0 Å². The summed E-state index contributed by atoms with van der Waals surface area (Å²) in [6, 6.07) is 4.83. The minimum Gasteiger partial charge on any atom is -0.493 e. The summed E-state index contributed by atoms with van der Waals surface area (Å²) in [5.41, 5.74) is 8.29. The molecule has 1 aromatic rings. The van der Waals surface area contributed by atoms with Crippen LogP contribution in [0.1, 0.15) is 10.4 Å². The van der Waals surface area contributed by atoms with E-state index >= 15 is 0 Å². The Labute approximate surface area is 111 Å². The first kappa shape index (κ1) is 14.0. The number of ether oxygens (including phenoxy) is 2. The molecule has 0 aromatic heterocycles. The van der Waals surface area contributed by atoms with E-state index in [9.17, 15) is 4.79 Å². The van der Waals surface area contributed by atoms with E-state index in [1.165, 1.54) is 19.2 Å². The number of methoxy groups -OCH3 is 2. The van der Waals surface area contributed by atoms with Crippen molar-refractivity contribution in [3.8, 4) is 11.5 Å². The van der Waals surface area contributed by atoms with E-state index in [2.05, 4.69) is 5.43 Å². The molecule has 1 rings (SSSR count). The maximum Gasteiger partial charge on any atom is 0.269 e. The summed E-state index contributed by atoms with van der Waals surface area (Å²) in [7, 11) is 4.58. The second kappa shape index (κ2) is 6.06. The molecule has 1 amide bonds. The van der Waals surface area contributed by atoms with Crippen molar-refractivity contribution in [2.45, 2.75) is 0 Å². The fraction of sp³-hybridized carbons (Fsp3) is 0.273. The molecule has 98 valence electrons. The highest BCUT2D eigenvalue weighted by atomic mass is 32.1. The lowest BCUT2D eigenvalue weighted by molar-refractivity contribution is 0.0887. The van der Waals surface area contributed by atoms with Gasteiger partial charge in [0.05, 0.1) is 14.2 Å². The van der Waals surface area contributed by atoms with Crippen LogP contribution in [0.4, 0.5) is 0 Å². The second-order valence-corrected chi connectivity index (χ2v) is 3.83. The number of nitrogens with two attached hydrogens (primary N) is 1. The zero-order chi connectivity index (χ0) is 13.7. The number of nitrogens with zero attached hydrogens (tertiary/aromatic N) is 1. The monoisotopic (exact) mass is 269 g/mol. The van der Waals surface area contributed by atoms with Gasteiger partial charge in [0.25, 0.3) is 5.91 Å². The molecule has 0 aliphatic rings. The number of hydrogen-bond donors (Lipinski definition) is 2. The van der Waals surface area contributed by atoms with Gasteiger partial charge >= 0.3 is 0 Å². The lowest BCUT2D eigenvalue weighted by Gasteiger charge is -2.18. The van der Waals surface area contributed by atoms with Gasteiger partial charge in [-0.3, -0.25) is 15.2 Å². The minimum atomic E-state index is -0.341. The Bertz CT molecular complexity index is 465. The van der Waals surface area contributed by atoms with Crippen LogP contribution >= 0.6 is 12.2 Å². The molecule has 0 fully saturated rings. The van der Waals surface area contributed by atoms with Crippen molar-refractivity contribution in [3.05, 3.63) is 23.8 Å². The number of amides is 1. The third-order valence-corrected chi connectivity index (χ3v) is 2.52. The third-order valence-electron chi connectivity index (χ3n) is 2.25. The molecular formula is C11H15N3O3S. The topological polar surface area (TPSA) is 76.8 Å². The smallest absolute Gasteiger partial charge is 0.269 e. The fourth-order valence-electron chi connectivity index (χ4n) is 1.25. The molecule has 0 saturated carbocycles. The van der Waals surface area contributed by atoms with E-state index in [1.807, 2.05) is 0 Å². The van der Waals surface area contributed by atoms with Crippen molar-refractivity contribution < 1.29 is 14.3 Å². The van der Waals surface area contributed by atoms with Gasteiger partial charge in [-0.25, -0.2) is 0 Å². The summed E-state index contributed by atoms with van der Waals surface area (Å²) in [6.07, 6.45) is 0.